The van der Waals surface area contributed by atoms with Crippen LogP contribution >= 0.6 is 0 Å². The molecule has 0 saturated carbocycles. The quantitative estimate of drug-likeness (QED) is 0.278. The molecule has 3 aromatic rings. The maximum atomic E-state index is 12.1. The Bertz CT molecular complexity index is 897. The average molecular weight is 322 g/mol. The Kier molecular flexibility index (Phi) is 4.15. The van der Waals surface area contributed by atoms with Crippen molar-refractivity contribution in [2.24, 2.45) is 5.73 Å². The number of amidine groups is 1. The van der Waals surface area contributed by atoms with Gasteiger partial charge in [-0.15, -0.1) is 0 Å². The zero-order chi connectivity index (χ0) is 17.1. The fraction of sp³-hybridized carbons (Fsp3) is 0.118. The molecule has 0 aliphatic rings. The lowest BCUT2D eigenvalue weighted by Crippen LogP contribution is -2.27. The summed E-state index contributed by atoms with van der Waals surface area (Å²) in [5, 5.41) is 9.89. The number of rotatable bonds is 5. The van der Waals surface area contributed by atoms with Crippen molar-refractivity contribution >= 4 is 28.5 Å². The van der Waals surface area contributed by atoms with Crippen LogP contribution < -0.4 is 16.8 Å². The van der Waals surface area contributed by atoms with E-state index in [4.69, 9.17) is 16.9 Å². The summed E-state index contributed by atoms with van der Waals surface area (Å²) >= 11 is 0. The van der Waals surface area contributed by atoms with Gasteiger partial charge in [-0.1, -0.05) is 0 Å². The first-order valence-electron chi connectivity index (χ1n) is 7.50. The second-order valence-corrected chi connectivity index (χ2v) is 5.47. The summed E-state index contributed by atoms with van der Waals surface area (Å²) in [5.74, 6) is 0.563. The third kappa shape index (κ3) is 3.35. The van der Waals surface area contributed by atoms with Crippen molar-refractivity contribution < 1.29 is 4.79 Å². The lowest BCUT2D eigenvalue weighted by atomic mass is 10.2. The van der Waals surface area contributed by atoms with Gasteiger partial charge in [0.15, 0.2) is 0 Å². The monoisotopic (exact) mass is 322 g/mol. The topological polar surface area (TPSA) is 134 Å². The van der Waals surface area contributed by atoms with Crippen molar-refractivity contribution in [3.05, 3.63) is 48.0 Å². The lowest BCUT2D eigenvalue weighted by Gasteiger charge is -2.04. The van der Waals surface area contributed by atoms with Gasteiger partial charge in [0, 0.05) is 29.8 Å². The number of hydrogen-bond acceptors (Lipinski definition) is 4. The minimum absolute atomic E-state index is 0.0486. The number of aromatic nitrogens is 2. The van der Waals surface area contributed by atoms with Gasteiger partial charge in [0.1, 0.15) is 5.82 Å². The van der Waals surface area contributed by atoms with Crippen LogP contribution in [0, 0.1) is 5.41 Å². The van der Waals surface area contributed by atoms with Crippen LogP contribution in [0.3, 0.4) is 0 Å². The maximum absolute atomic E-state index is 12.1. The molecule has 24 heavy (non-hydrogen) atoms. The molecule has 1 amide bonds. The number of nitrogen functional groups attached to an aromatic ring is 1. The predicted molar refractivity (Wildman–Crippen MR) is 94.8 cm³/mol. The number of nitrogens with zero attached hydrogens (tertiary/aromatic N) is 1. The highest BCUT2D eigenvalue weighted by molar-refractivity contribution is 5.97. The summed E-state index contributed by atoms with van der Waals surface area (Å²) < 4.78 is 0. The number of hydrogen-bond donors (Lipinski definition) is 5. The molecule has 0 radical (unpaired) electrons. The van der Waals surface area contributed by atoms with E-state index in [2.05, 4.69) is 15.3 Å². The van der Waals surface area contributed by atoms with E-state index in [9.17, 15) is 4.79 Å². The molecule has 0 spiro atoms. The van der Waals surface area contributed by atoms with Crippen LogP contribution in [0.4, 0.5) is 5.69 Å². The lowest BCUT2D eigenvalue weighted by molar-refractivity contribution is 0.0955. The van der Waals surface area contributed by atoms with Crippen molar-refractivity contribution in [3.63, 3.8) is 0 Å². The zero-order valence-electron chi connectivity index (χ0n) is 13.0. The highest BCUT2D eigenvalue weighted by Crippen LogP contribution is 2.22. The summed E-state index contributed by atoms with van der Waals surface area (Å²) in [5.41, 5.74) is 14.7. The number of amides is 1. The zero-order valence-corrected chi connectivity index (χ0v) is 13.0. The smallest absolute Gasteiger partial charge is 0.251 e. The minimum atomic E-state index is -0.207. The number of fused-ring (bicyclic) bond motifs is 1. The van der Waals surface area contributed by atoms with E-state index in [1.807, 2.05) is 24.3 Å². The third-order valence-corrected chi connectivity index (χ3v) is 3.61. The van der Waals surface area contributed by atoms with Crippen molar-refractivity contribution in [3.8, 4) is 11.4 Å². The van der Waals surface area contributed by atoms with Crippen molar-refractivity contribution in [1.82, 2.24) is 15.3 Å². The summed E-state index contributed by atoms with van der Waals surface area (Å²) in [4.78, 5) is 19.9. The van der Waals surface area contributed by atoms with Gasteiger partial charge >= 0.3 is 0 Å². The molecule has 0 aliphatic heterocycles. The molecule has 0 saturated heterocycles. The molecule has 0 unspecified atom stereocenters. The van der Waals surface area contributed by atoms with Crippen molar-refractivity contribution in [2.45, 2.75) is 6.42 Å². The van der Waals surface area contributed by atoms with Gasteiger partial charge in [0.25, 0.3) is 5.91 Å². The Morgan fingerprint density at radius 1 is 1.21 bits per heavy atom. The van der Waals surface area contributed by atoms with Crippen LogP contribution in [0.5, 0.6) is 0 Å². The van der Waals surface area contributed by atoms with E-state index < -0.39 is 0 Å². The second-order valence-electron chi connectivity index (χ2n) is 5.47. The number of carbonyl (C=O) groups is 1. The molecule has 7 heteroatoms. The van der Waals surface area contributed by atoms with Gasteiger partial charge < -0.3 is 21.8 Å². The first-order chi connectivity index (χ1) is 11.5. The largest absolute Gasteiger partial charge is 0.399 e. The Labute approximate surface area is 138 Å². The molecular weight excluding hydrogens is 304 g/mol. The van der Waals surface area contributed by atoms with Crippen LogP contribution in [0.1, 0.15) is 16.8 Å². The predicted octanol–water partition coefficient (Wildman–Crippen LogP) is 1.87. The van der Waals surface area contributed by atoms with Gasteiger partial charge in [-0.3, -0.25) is 10.2 Å². The number of nitrogens with two attached hydrogens (primary N) is 2. The van der Waals surface area contributed by atoms with Crippen LogP contribution in [-0.2, 0) is 0 Å². The Morgan fingerprint density at radius 3 is 2.67 bits per heavy atom. The minimum Gasteiger partial charge on any atom is -0.399 e. The number of benzene rings is 2. The Balaban J connectivity index is 1.82. The van der Waals surface area contributed by atoms with Crippen LogP contribution in [0.15, 0.2) is 42.5 Å². The van der Waals surface area contributed by atoms with Gasteiger partial charge in [-0.25, -0.2) is 4.98 Å². The fourth-order valence-corrected chi connectivity index (χ4v) is 2.34. The standard InChI is InChI=1S/C17H18N6O/c18-12-4-1-10(2-5-12)16-22-13-6-3-11(9-14(13)23-16)17(24)21-8-7-15(19)20/h1-6,9H,7-8,18H2,(H3,19,20)(H,21,24)(H,22,23). The van der Waals surface area contributed by atoms with Crippen LogP contribution in [0.2, 0.25) is 0 Å². The number of imidazole rings is 1. The summed E-state index contributed by atoms with van der Waals surface area (Å²) in [6.07, 6.45) is 0.333. The second kappa shape index (κ2) is 6.41. The molecule has 7 N–H and O–H groups in total. The number of H-pyrrole nitrogens is 1. The molecule has 0 fully saturated rings. The van der Waals surface area contributed by atoms with Gasteiger partial charge in [-0.05, 0) is 42.5 Å². The van der Waals surface area contributed by atoms with E-state index in [1.165, 1.54) is 0 Å². The van der Waals surface area contributed by atoms with E-state index in [0.717, 1.165) is 22.4 Å². The molecule has 2 aromatic carbocycles. The van der Waals surface area contributed by atoms with Crippen molar-refractivity contribution in [1.29, 1.82) is 5.41 Å². The highest BCUT2D eigenvalue weighted by atomic mass is 16.1. The molecule has 0 aliphatic carbocycles. The number of nitrogens with one attached hydrogen (secondary N) is 3. The summed E-state index contributed by atoms with van der Waals surface area (Å²) in [7, 11) is 0. The first-order valence-corrected chi connectivity index (χ1v) is 7.50. The van der Waals surface area contributed by atoms with Gasteiger partial charge in [0.05, 0.1) is 16.9 Å². The van der Waals surface area contributed by atoms with E-state index >= 15 is 0 Å². The van der Waals surface area contributed by atoms with Crippen LogP contribution in [-0.4, -0.2) is 28.3 Å². The first kappa shape index (κ1) is 15.5. The molecular formula is C17H18N6O. The molecule has 7 nitrogen and oxygen atoms in total. The van der Waals surface area contributed by atoms with E-state index in [-0.39, 0.29) is 11.7 Å². The molecule has 122 valence electrons. The number of aromatic amines is 1. The molecule has 1 aromatic heterocycles. The van der Waals surface area contributed by atoms with Crippen molar-refractivity contribution in [2.75, 3.05) is 12.3 Å². The number of carbonyl (C=O) groups excluding carboxylic acids is 1. The summed E-state index contributed by atoms with van der Waals surface area (Å²) in [6, 6.07) is 12.7. The Morgan fingerprint density at radius 2 is 1.96 bits per heavy atom. The SMILES string of the molecule is N=C(N)CCNC(=O)c1ccc2nc(-c3ccc(N)cc3)[nH]c2c1. The van der Waals surface area contributed by atoms with E-state index in [0.29, 0.717) is 24.2 Å². The molecule has 0 atom stereocenters. The average Bonchev–Trinajstić information content (AvgIpc) is 2.98. The van der Waals surface area contributed by atoms with Gasteiger partial charge in [-0.2, -0.15) is 0 Å². The Hall–Kier alpha value is -3.35. The molecule has 3 rings (SSSR count). The molecule has 1 heterocycles. The van der Waals surface area contributed by atoms with E-state index in [1.54, 1.807) is 18.2 Å². The van der Waals surface area contributed by atoms with Crippen LogP contribution in [0.25, 0.3) is 22.4 Å². The fourth-order valence-electron chi connectivity index (χ4n) is 2.34. The molecule has 0 bridgehead atoms. The third-order valence-electron chi connectivity index (χ3n) is 3.61. The number of anilines is 1. The highest BCUT2D eigenvalue weighted by Gasteiger charge is 2.10. The normalized spacial score (nSPS) is 10.7. The van der Waals surface area contributed by atoms with Gasteiger partial charge in [0.2, 0.25) is 0 Å². The summed E-state index contributed by atoms with van der Waals surface area (Å²) in [6.45, 7) is 0.339. The maximum Gasteiger partial charge on any atom is 0.251 e.